The van der Waals surface area contributed by atoms with E-state index < -0.39 is 5.97 Å². The maximum atomic E-state index is 11.4. The Kier molecular flexibility index (Phi) is 4.27. The van der Waals surface area contributed by atoms with Crippen LogP contribution in [0, 0.1) is 0 Å². The molecule has 0 saturated carbocycles. The Morgan fingerprint density at radius 2 is 2.00 bits per heavy atom. The van der Waals surface area contributed by atoms with Gasteiger partial charge in [0.25, 0.3) is 0 Å². The zero-order valence-corrected chi connectivity index (χ0v) is 9.19. The smallest absolute Gasteiger partial charge is 0.338 e. The van der Waals surface area contributed by atoms with E-state index >= 15 is 0 Å². The van der Waals surface area contributed by atoms with Crippen molar-refractivity contribution in [1.29, 1.82) is 0 Å². The summed E-state index contributed by atoms with van der Waals surface area (Å²) in [5.41, 5.74) is 1.09. The first kappa shape index (κ1) is 12.0. The van der Waals surface area contributed by atoms with Crippen LogP contribution in [0.5, 0.6) is 0 Å². The molecule has 1 rings (SSSR count). The van der Waals surface area contributed by atoms with Gasteiger partial charge in [-0.25, -0.2) is 4.79 Å². The van der Waals surface area contributed by atoms with Gasteiger partial charge in [0.05, 0.1) is 12.7 Å². The molecule has 1 aromatic carbocycles. The highest BCUT2D eigenvalue weighted by Crippen LogP contribution is 2.11. The molecule has 0 spiro atoms. The topological polar surface area (TPSA) is 55.4 Å². The van der Waals surface area contributed by atoms with Crippen LogP contribution in [0.2, 0.25) is 0 Å². The molecule has 0 saturated heterocycles. The van der Waals surface area contributed by atoms with E-state index in [4.69, 9.17) is 0 Å². The first-order chi connectivity index (χ1) is 7.69. The Balaban J connectivity index is 3.00. The van der Waals surface area contributed by atoms with E-state index in [0.717, 1.165) is 0 Å². The Labute approximate surface area is 93.9 Å². The number of methoxy groups -OCH3 is 1. The number of hydrogen-bond acceptors (Lipinski definition) is 3. The van der Waals surface area contributed by atoms with Gasteiger partial charge in [-0.1, -0.05) is 18.2 Å². The predicted octanol–water partition coefficient (Wildman–Crippen LogP) is 1.23. The van der Waals surface area contributed by atoms with Gasteiger partial charge in [0.2, 0.25) is 5.91 Å². The summed E-state index contributed by atoms with van der Waals surface area (Å²) in [7, 11) is 2.86. The van der Waals surface area contributed by atoms with E-state index in [1.807, 2.05) is 0 Å². The van der Waals surface area contributed by atoms with Crippen LogP contribution in [0.1, 0.15) is 15.9 Å². The number of ether oxygens (including phenoxy) is 1. The molecule has 0 fully saturated rings. The highest BCUT2D eigenvalue weighted by Gasteiger charge is 2.08. The maximum Gasteiger partial charge on any atom is 0.338 e. The minimum absolute atomic E-state index is 0.223. The van der Waals surface area contributed by atoms with Crippen LogP contribution < -0.4 is 5.32 Å². The lowest BCUT2D eigenvalue weighted by Crippen LogP contribution is -2.14. The van der Waals surface area contributed by atoms with Gasteiger partial charge < -0.3 is 10.1 Å². The maximum absolute atomic E-state index is 11.4. The molecule has 84 valence electrons. The van der Waals surface area contributed by atoms with E-state index in [-0.39, 0.29) is 5.91 Å². The van der Waals surface area contributed by atoms with Gasteiger partial charge in [-0.3, -0.25) is 4.79 Å². The summed E-state index contributed by atoms with van der Waals surface area (Å²) in [4.78, 5) is 22.4. The molecule has 0 aliphatic rings. The molecule has 4 heteroatoms. The molecule has 0 unspecified atom stereocenters. The fourth-order valence-corrected chi connectivity index (χ4v) is 1.19. The lowest BCUT2D eigenvalue weighted by molar-refractivity contribution is -0.115. The van der Waals surface area contributed by atoms with Crippen molar-refractivity contribution in [3.05, 3.63) is 41.5 Å². The number of rotatable bonds is 3. The molecule has 0 heterocycles. The number of amides is 1. The second-order valence-corrected chi connectivity index (χ2v) is 3.03. The highest BCUT2D eigenvalue weighted by molar-refractivity contribution is 5.96. The largest absolute Gasteiger partial charge is 0.465 e. The molecule has 16 heavy (non-hydrogen) atoms. The fraction of sp³-hybridized carbons (Fsp3) is 0.167. The highest BCUT2D eigenvalue weighted by atomic mass is 16.5. The minimum Gasteiger partial charge on any atom is -0.465 e. The minimum atomic E-state index is -0.419. The van der Waals surface area contributed by atoms with Crippen molar-refractivity contribution in [3.63, 3.8) is 0 Å². The van der Waals surface area contributed by atoms with E-state index in [1.165, 1.54) is 13.2 Å². The van der Waals surface area contributed by atoms with Gasteiger partial charge in [-0.15, -0.1) is 0 Å². The number of nitrogens with one attached hydrogen (secondary N) is 1. The fourth-order valence-electron chi connectivity index (χ4n) is 1.19. The van der Waals surface area contributed by atoms with Crippen molar-refractivity contribution < 1.29 is 14.3 Å². The van der Waals surface area contributed by atoms with Crippen molar-refractivity contribution in [3.8, 4) is 0 Å². The van der Waals surface area contributed by atoms with E-state index in [2.05, 4.69) is 10.1 Å². The Bertz CT molecular complexity index is 424. The third-order valence-corrected chi connectivity index (χ3v) is 2.03. The number of hydrogen-bond donors (Lipinski definition) is 1. The summed E-state index contributed by atoms with van der Waals surface area (Å²) in [6.07, 6.45) is 2.94. The summed E-state index contributed by atoms with van der Waals surface area (Å²) >= 11 is 0. The Morgan fingerprint density at radius 1 is 1.31 bits per heavy atom. The Hall–Kier alpha value is -2.10. The van der Waals surface area contributed by atoms with E-state index in [1.54, 1.807) is 37.4 Å². The molecule has 0 radical (unpaired) electrons. The number of carbonyl (C=O) groups is 2. The zero-order valence-electron chi connectivity index (χ0n) is 9.19. The summed E-state index contributed by atoms with van der Waals surface area (Å²) in [5.74, 6) is -0.642. The van der Waals surface area contributed by atoms with Crippen LogP contribution in [0.3, 0.4) is 0 Å². The summed E-state index contributed by atoms with van der Waals surface area (Å²) < 4.78 is 4.64. The third kappa shape index (κ3) is 2.95. The second kappa shape index (κ2) is 5.70. The van der Waals surface area contributed by atoms with Crippen molar-refractivity contribution >= 4 is 18.0 Å². The van der Waals surface area contributed by atoms with Gasteiger partial charge in [-0.2, -0.15) is 0 Å². The molecule has 1 N–H and O–H groups in total. The third-order valence-electron chi connectivity index (χ3n) is 2.03. The molecular weight excluding hydrogens is 206 g/mol. The van der Waals surface area contributed by atoms with Gasteiger partial charge >= 0.3 is 5.97 Å². The number of benzene rings is 1. The van der Waals surface area contributed by atoms with Gasteiger partial charge in [0.15, 0.2) is 0 Å². The van der Waals surface area contributed by atoms with Gasteiger partial charge in [0.1, 0.15) is 0 Å². The van der Waals surface area contributed by atoms with Gasteiger partial charge in [-0.05, 0) is 17.7 Å². The summed E-state index contributed by atoms with van der Waals surface area (Å²) in [6, 6.07) is 6.92. The van der Waals surface area contributed by atoms with Crippen LogP contribution in [-0.2, 0) is 9.53 Å². The Morgan fingerprint density at radius 3 is 2.62 bits per heavy atom. The van der Waals surface area contributed by atoms with E-state index in [9.17, 15) is 9.59 Å². The molecule has 0 aliphatic heterocycles. The average molecular weight is 219 g/mol. The molecule has 0 atom stereocenters. The number of esters is 1. The van der Waals surface area contributed by atoms with E-state index in [0.29, 0.717) is 11.1 Å². The monoisotopic (exact) mass is 219 g/mol. The first-order valence-corrected chi connectivity index (χ1v) is 4.76. The lowest BCUT2D eigenvalue weighted by Gasteiger charge is -2.02. The van der Waals surface area contributed by atoms with Crippen molar-refractivity contribution in [2.24, 2.45) is 0 Å². The number of carbonyl (C=O) groups excluding carboxylic acids is 2. The molecular formula is C12H13NO3. The van der Waals surface area contributed by atoms with Gasteiger partial charge in [0, 0.05) is 13.1 Å². The van der Waals surface area contributed by atoms with Crippen molar-refractivity contribution in [2.45, 2.75) is 0 Å². The molecule has 0 aliphatic carbocycles. The molecule has 0 bridgehead atoms. The summed E-state index contributed by atoms with van der Waals surface area (Å²) in [6.45, 7) is 0. The average Bonchev–Trinajstić information content (AvgIpc) is 2.35. The van der Waals surface area contributed by atoms with Crippen LogP contribution in [0.4, 0.5) is 0 Å². The standard InChI is InChI=1S/C12H13NO3/c1-13-11(14)8-7-9-5-3-4-6-10(9)12(15)16-2/h3-8H,1-2H3,(H,13,14)/b8-7+. The quantitative estimate of drug-likeness (QED) is 0.614. The summed E-state index contributed by atoms with van der Waals surface area (Å²) in [5, 5.41) is 2.46. The molecule has 0 aromatic heterocycles. The normalized spacial score (nSPS) is 10.1. The number of likely N-dealkylation sites (N-methyl/N-ethyl adjacent to an activating group) is 1. The molecule has 1 aromatic rings. The predicted molar refractivity (Wildman–Crippen MR) is 60.9 cm³/mol. The van der Waals surface area contributed by atoms with Crippen LogP contribution in [0.15, 0.2) is 30.3 Å². The molecule has 4 nitrogen and oxygen atoms in total. The van der Waals surface area contributed by atoms with Crippen molar-refractivity contribution in [1.82, 2.24) is 5.32 Å². The van der Waals surface area contributed by atoms with Crippen molar-refractivity contribution in [2.75, 3.05) is 14.2 Å². The molecule has 1 amide bonds. The second-order valence-electron chi connectivity index (χ2n) is 3.03. The lowest BCUT2D eigenvalue weighted by atomic mass is 10.1. The van der Waals surface area contributed by atoms with Crippen LogP contribution in [-0.4, -0.2) is 26.0 Å². The first-order valence-electron chi connectivity index (χ1n) is 4.76. The van der Waals surface area contributed by atoms with Crippen LogP contribution in [0.25, 0.3) is 6.08 Å². The SMILES string of the molecule is CNC(=O)/C=C/c1ccccc1C(=O)OC. The zero-order chi connectivity index (χ0) is 12.0. The van der Waals surface area contributed by atoms with Crippen LogP contribution >= 0.6 is 0 Å².